The maximum absolute atomic E-state index is 11.5. The number of halogens is 1. The lowest BCUT2D eigenvalue weighted by atomic mass is 10.2. The fraction of sp³-hybridized carbons (Fsp3) is 0.125. The molecule has 0 fully saturated rings. The van der Waals surface area contributed by atoms with Crippen molar-refractivity contribution in [2.24, 2.45) is 0 Å². The van der Waals surface area contributed by atoms with Crippen LogP contribution in [0.4, 0.5) is 0 Å². The van der Waals surface area contributed by atoms with Crippen LogP contribution in [0.3, 0.4) is 0 Å². The zero-order valence-corrected chi connectivity index (χ0v) is 15.1. The summed E-state index contributed by atoms with van der Waals surface area (Å²) in [5, 5.41) is 12.5. The number of esters is 1. The number of nitrogens with zero attached hydrogens (tertiary/aromatic N) is 4. The number of hydrogen-bond donors (Lipinski definition) is 0. The lowest BCUT2D eigenvalue weighted by molar-refractivity contribution is 0.0600. The van der Waals surface area contributed by atoms with E-state index in [1.54, 1.807) is 28.9 Å². The van der Waals surface area contributed by atoms with E-state index < -0.39 is 0 Å². The Bertz CT molecular complexity index is 851. The quantitative estimate of drug-likeness (QED) is 0.478. The smallest absolute Gasteiger partial charge is 0.337 e. The summed E-state index contributed by atoms with van der Waals surface area (Å²) in [4.78, 5) is 11.5. The molecule has 0 amide bonds. The van der Waals surface area contributed by atoms with Crippen molar-refractivity contribution in [2.75, 3.05) is 7.11 Å². The van der Waals surface area contributed by atoms with E-state index in [1.165, 1.54) is 24.4 Å². The molecule has 1 heterocycles. The van der Waals surface area contributed by atoms with Gasteiger partial charge in [0.1, 0.15) is 0 Å². The largest absolute Gasteiger partial charge is 0.465 e. The summed E-state index contributed by atoms with van der Waals surface area (Å²) in [7, 11) is 1.36. The van der Waals surface area contributed by atoms with Gasteiger partial charge in [-0.3, -0.25) is 0 Å². The van der Waals surface area contributed by atoms with Gasteiger partial charge in [-0.05, 0) is 52.4 Å². The van der Waals surface area contributed by atoms with Gasteiger partial charge in [0.05, 0.1) is 18.4 Å². The highest BCUT2D eigenvalue weighted by Crippen LogP contribution is 2.24. The highest BCUT2D eigenvalue weighted by atomic mass is 79.9. The predicted molar refractivity (Wildman–Crippen MR) is 94.2 cm³/mol. The van der Waals surface area contributed by atoms with E-state index in [-0.39, 0.29) is 5.97 Å². The highest BCUT2D eigenvalue weighted by Gasteiger charge is 2.11. The molecule has 0 aliphatic carbocycles. The number of carbonyl (C=O) groups is 1. The minimum Gasteiger partial charge on any atom is -0.465 e. The van der Waals surface area contributed by atoms with Gasteiger partial charge in [0.25, 0.3) is 0 Å². The van der Waals surface area contributed by atoms with Gasteiger partial charge in [-0.15, -0.1) is 5.10 Å². The number of carbonyl (C=O) groups excluding carboxylic acids is 1. The molecule has 122 valence electrons. The summed E-state index contributed by atoms with van der Waals surface area (Å²) in [5.74, 6) is 0.377. The molecule has 0 spiro atoms. The van der Waals surface area contributed by atoms with Gasteiger partial charge in [0, 0.05) is 10.2 Å². The zero-order chi connectivity index (χ0) is 16.9. The van der Waals surface area contributed by atoms with Crippen LogP contribution in [0.1, 0.15) is 15.9 Å². The number of benzene rings is 2. The molecule has 0 bridgehead atoms. The van der Waals surface area contributed by atoms with Crippen LogP contribution >= 0.6 is 27.7 Å². The molecule has 0 aliphatic heterocycles. The second-order valence-corrected chi connectivity index (χ2v) is 6.69. The van der Waals surface area contributed by atoms with Crippen LogP contribution in [-0.4, -0.2) is 33.3 Å². The predicted octanol–water partition coefficient (Wildman–Crippen LogP) is 3.50. The zero-order valence-electron chi connectivity index (χ0n) is 12.7. The number of ether oxygens (including phenoxy) is 1. The van der Waals surface area contributed by atoms with E-state index in [0.29, 0.717) is 10.7 Å². The normalized spacial score (nSPS) is 10.6. The molecule has 0 saturated carbocycles. The van der Waals surface area contributed by atoms with E-state index in [9.17, 15) is 4.79 Å². The summed E-state index contributed by atoms with van der Waals surface area (Å²) in [5.41, 5.74) is 2.44. The van der Waals surface area contributed by atoms with Crippen molar-refractivity contribution in [3.05, 3.63) is 64.1 Å². The van der Waals surface area contributed by atoms with Crippen LogP contribution in [0.25, 0.3) is 5.69 Å². The Morgan fingerprint density at radius 1 is 1.25 bits per heavy atom. The molecular weight excluding hydrogens is 392 g/mol. The average molecular weight is 405 g/mol. The molecule has 0 aliphatic rings. The number of thioether (sulfide) groups is 1. The third-order valence-corrected chi connectivity index (χ3v) is 4.71. The van der Waals surface area contributed by atoms with Crippen molar-refractivity contribution in [3.8, 4) is 5.69 Å². The molecule has 8 heteroatoms. The Labute approximate surface area is 151 Å². The lowest BCUT2D eigenvalue weighted by Crippen LogP contribution is -2.03. The number of aromatic nitrogens is 4. The third kappa shape index (κ3) is 3.82. The van der Waals surface area contributed by atoms with Crippen LogP contribution in [0.15, 0.2) is 58.2 Å². The first-order valence-corrected chi connectivity index (χ1v) is 8.79. The first-order valence-electron chi connectivity index (χ1n) is 7.02. The summed E-state index contributed by atoms with van der Waals surface area (Å²) < 4.78 is 7.38. The number of methoxy groups -OCH3 is 1. The first-order chi connectivity index (χ1) is 11.7. The lowest BCUT2D eigenvalue weighted by Gasteiger charge is -2.05. The molecular formula is C16H13BrN4O2S. The minimum absolute atomic E-state index is 0.373. The van der Waals surface area contributed by atoms with Gasteiger partial charge in [0.15, 0.2) is 0 Å². The van der Waals surface area contributed by atoms with Crippen molar-refractivity contribution >= 4 is 33.7 Å². The van der Waals surface area contributed by atoms with E-state index in [4.69, 9.17) is 4.74 Å². The minimum atomic E-state index is -0.373. The fourth-order valence-electron chi connectivity index (χ4n) is 2.06. The third-order valence-electron chi connectivity index (χ3n) is 3.23. The van der Waals surface area contributed by atoms with Gasteiger partial charge in [-0.1, -0.05) is 39.8 Å². The van der Waals surface area contributed by atoms with E-state index in [2.05, 4.69) is 43.6 Å². The highest BCUT2D eigenvalue weighted by molar-refractivity contribution is 9.10. The van der Waals surface area contributed by atoms with E-state index >= 15 is 0 Å². The Hall–Kier alpha value is -2.19. The summed E-state index contributed by atoms with van der Waals surface area (Å²) >= 11 is 5.00. The first kappa shape index (κ1) is 16.7. The Balaban J connectivity index is 1.76. The standard InChI is InChI=1S/C16H13BrN4O2S/c1-23-15(22)12-5-7-14(8-6-12)21-16(18-19-20-21)24-10-11-3-2-4-13(17)9-11/h2-9H,10H2,1H3. The second kappa shape index (κ2) is 7.59. The maximum atomic E-state index is 11.5. The average Bonchev–Trinajstić information content (AvgIpc) is 3.08. The van der Waals surface area contributed by atoms with Crippen LogP contribution in [-0.2, 0) is 10.5 Å². The Morgan fingerprint density at radius 2 is 2.04 bits per heavy atom. The number of tetrazole rings is 1. The molecule has 6 nitrogen and oxygen atoms in total. The van der Waals surface area contributed by atoms with E-state index in [1.807, 2.05) is 12.1 Å². The van der Waals surface area contributed by atoms with Crippen LogP contribution in [0, 0.1) is 0 Å². The Kier molecular flexibility index (Phi) is 5.27. The summed E-state index contributed by atoms with van der Waals surface area (Å²) in [6.45, 7) is 0. The molecule has 1 aromatic heterocycles. The number of hydrogen-bond acceptors (Lipinski definition) is 6. The molecule has 0 unspecified atom stereocenters. The van der Waals surface area contributed by atoms with Crippen molar-refractivity contribution in [2.45, 2.75) is 10.9 Å². The van der Waals surface area contributed by atoms with Crippen molar-refractivity contribution in [1.29, 1.82) is 0 Å². The summed E-state index contributed by atoms with van der Waals surface area (Å²) in [6.07, 6.45) is 0. The monoisotopic (exact) mass is 404 g/mol. The van der Waals surface area contributed by atoms with Crippen molar-refractivity contribution in [3.63, 3.8) is 0 Å². The van der Waals surface area contributed by atoms with Gasteiger partial charge in [-0.2, -0.15) is 4.68 Å². The molecule has 2 aromatic carbocycles. The Morgan fingerprint density at radius 3 is 2.75 bits per heavy atom. The van der Waals surface area contributed by atoms with Crippen LogP contribution < -0.4 is 0 Å². The molecule has 0 atom stereocenters. The summed E-state index contributed by atoms with van der Waals surface area (Å²) in [6, 6.07) is 15.0. The molecule has 24 heavy (non-hydrogen) atoms. The fourth-order valence-corrected chi connectivity index (χ4v) is 3.34. The van der Waals surface area contributed by atoms with Gasteiger partial charge < -0.3 is 4.74 Å². The molecule has 3 aromatic rings. The maximum Gasteiger partial charge on any atom is 0.337 e. The molecule has 3 rings (SSSR count). The van der Waals surface area contributed by atoms with Gasteiger partial charge in [-0.25, -0.2) is 4.79 Å². The van der Waals surface area contributed by atoms with Crippen molar-refractivity contribution < 1.29 is 9.53 Å². The van der Waals surface area contributed by atoms with Gasteiger partial charge >= 0.3 is 5.97 Å². The van der Waals surface area contributed by atoms with Crippen LogP contribution in [0.2, 0.25) is 0 Å². The number of rotatable bonds is 5. The van der Waals surface area contributed by atoms with Gasteiger partial charge in [0.2, 0.25) is 5.16 Å². The SMILES string of the molecule is COC(=O)c1ccc(-n2nnnc2SCc2cccc(Br)c2)cc1. The molecule has 0 saturated heterocycles. The van der Waals surface area contributed by atoms with Crippen LogP contribution in [0.5, 0.6) is 0 Å². The van der Waals surface area contributed by atoms with Crippen molar-refractivity contribution in [1.82, 2.24) is 20.2 Å². The molecule has 0 radical (unpaired) electrons. The second-order valence-electron chi connectivity index (χ2n) is 4.83. The topological polar surface area (TPSA) is 69.9 Å². The van der Waals surface area contributed by atoms with E-state index in [0.717, 1.165) is 15.9 Å². The molecule has 0 N–H and O–H groups in total.